The molecule has 1 aromatic rings. The maximum atomic E-state index is 12.1. The summed E-state index contributed by atoms with van der Waals surface area (Å²) in [5.41, 5.74) is 0.680. The monoisotopic (exact) mass is 319 g/mol. The molecule has 0 spiro atoms. The number of hydrogen-bond donors (Lipinski definition) is 2. The molecule has 0 aromatic heterocycles. The summed E-state index contributed by atoms with van der Waals surface area (Å²) in [6.45, 7) is 2.59. The van der Waals surface area contributed by atoms with Crippen molar-refractivity contribution in [3.05, 3.63) is 29.8 Å². The van der Waals surface area contributed by atoms with Gasteiger partial charge in [-0.2, -0.15) is 0 Å². The summed E-state index contributed by atoms with van der Waals surface area (Å²) in [6.07, 6.45) is 4.11. The van der Waals surface area contributed by atoms with Crippen molar-refractivity contribution in [3.63, 3.8) is 0 Å². The zero-order valence-corrected chi connectivity index (χ0v) is 14.0. The Morgan fingerprint density at radius 2 is 1.70 bits per heavy atom. The zero-order valence-electron chi connectivity index (χ0n) is 14.0. The average Bonchev–Trinajstić information content (AvgIpc) is 2.54. The SMILES string of the molecule is CCCCCCNC(=O)C(=O)Nc1ccccc1C(=O)N(C)C. The van der Waals surface area contributed by atoms with Crippen LogP contribution in [0.3, 0.4) is 0 Å². The van der Waals surface area contributed by atoms with Crippen LogP contribution in [0.25, 0.3) is 0 Å². The molecule has 1 aromatic carbocycles. The Kier molecular flexibility index (Phi) is 7.80. The first kappa shape index (κ1) is 18.7. The number of nitrogens with zero attached hydrogens (tertiary/aromatic N) is 1. The number of rotatable bonds is 7. The molecule has 0 aliphatic heterocycles. The predicted octanol–water partition coefficient (Wildman–Crippen LogP) is 2.02. The molecule has 0 saturated heterocycles. The number of anilines is 1. The van der Waals surface area contributed by atoms with E-state index in [0.29, 0.717) is 17.8 Å². The lowest BCUT2D eigenvalue weighted by atomic mass is 10.1. The van der Waals surface area contributed by atoms with E-state index in [1.165, 1.54) is 4.90 Å². The van der Waals surface area contributed by atoms with E-state index in [0.717, 1.165) is 25.7 Å². The van der Waals surface area contributed by atoms with Crippen molar-refractivity contribution in [3.8, 4) is 0 Å². The summed E-state index contributed by atoms with van der Waals surface area (Å²) < 4.78 is 0. The van der Waals surface area contributed by atoms with Gasteiger partial charge < -0.3 is 15.5 Å². The highest BCUT2D eigenvalue weighted by atomic mass is 16.2. The lowest BCUT2D eigenvalue weighted by Crippen LogP contribution is -2.36. The smallest absolute Gasteiger partial charge is 0.313 e. The third kappa shape index (κ3) is 6.10. The van der Waals surface area contributed by atoms with E-state index >= 15 is 0 Å². The molecule has 0 heterocycles. The first-order valence-electron chi connectivity index (χ1n) is 7.87. The van der Waals surface area contributed by atoms with Gasteiger partial charge in [0, 0.05) is 20.6 Å². The lowest BCUT2D eigenvalue weighted by molar-refractivity contribution is -0.136. The Balaban J connectivity index is 2.60. The van der Waals surface area contributed by atoms with Crippen LogP contribution in [-0.4, -0.2) is 43.3 Å². The van der Waals surface area contributed by atoms with Crippen LogP contribution in [0, 0.1) is 0 Å². The lowest BCUT2D eigenvalue weighted by Gasteiger charge is -2.14. The van der Waals surface area contributed by atoms with Gasteiger partial charge in [0.15, 0.2) is 0 Å². The quantitative estimate of drug-likeness (QED) is 0.596. The van der Waals surface area contributed by atoms with E-state index in [2.05, 4.69) is 17.6 Å². The van der Waals surface area contributed by atoms with Gasteiger partial charge in [-0.1, -0.05) is 38.3 Å². The number of hydrogen-bond acceptors (Lipinski definition) is 3. The predicted molar refractivity (Wildman–Crippen MR) is 90.2 cm³/mol. The maximum Gasteiger partial charge on any atom is 0.313 e. The van der Waals surface area contributed by atoms with Gasteiger partial charge in [-0.05, 0) is 18.6 Å². The Hall–Kier alpha value is -2.37. The number of carbonyl (C=O) groups excluding carboxylic acids is 3. The van der Waals surface area contributed by atoms with Gasteiger partial charge in [0.2, 0.25) is 0 Å². The summed E-state index contributed by atoms with van der Waals surface area (Å²) in [6, 6.07) is 6.62. The molecule has 0 aliphatic carbocycles. The van der Waals surface area contributed by atoms with Crippen LogP contribution in [-0.2, 0) is 9.59 Å². The van der Waals surface area contributed by atoms with Crippen molar-refractivity contribution in [2.24, 2.45) is 0 Å². The van der Waals surface area contributed by atoms with E-state index in [1.54, 1.807) is 38.4 Å². The van der Waals surface area contributed by atoms with Gasteiger partial charge >= 0.3 is 11.8 Å². The number of unbranched alkanes of at least 4 members (excludes halogenated alkanes) is 3. The Labute approximate surface area is 137 Å². The molecule has 2 N–H and O–H groups in total. The van der Waals surface area contributed by atoms with Crippen molar-refractivity contribution in [1.29, 1.82) is 0 Å². The van der Waals surface area contributed by atoms with Crippen molar-refractivity contribution in [2.75, 3.05) is 26.0 Å². The maximum absolute atomic E-state index is 12.1. The summed E-state index contributed by atoms with van der Waals surface area (Å²) >= 11 is 0. The molecule has 0 bridgehead atoms. The van der Waals surface area contributed by atoms with Gasteiger partial charge in [0.25, 0.3) is 5.91 Å². The molecule has 0 fully saturated rings. The average molecular weight is 319 g/mol. The molecule has 0 aliphatic rings. The molecular weight excluding hydrogens is 294 g/mol. The molecule has 6 nitrogen and oxygen atoms in total. The minimum absolute atomic E-state index is 0.235. The minimum atomic E-state index is -0.764. The summed E-state index contributed by atoms with van der Waals surface area (Å²) in [5, 5.41) is 5.09. The number of para-hydroxylation sites is 1. The van der Waals surface area contributed by atoms with Crippen molar-refractivity contribution >= 4 is 23.4 Å². The Bertz CT molecular complexity index is 556. The molecule has 0 atom stereocenters. The third-order valence-corrected chi connectivity index (χ3v) is 3.33. The van der Waals surface area contributed by atoms with Crippen LogP contribution in [0.2, 0.25) is 0 Å². The molecule has 23 heavy (non-hydrogen) atoms. The molecule has 126 valence electrons. The van der Waals surface area contributed by atoms with Crippen LogP contribution in [0.5, 0.6) is 0 Å². The van der Waals surface area contributed by atoms with Gasteiger partial charge in [-0.15, -0.1) is 0 Å². The molecule has 6 heteroatoms. The zero-order chi connectivity index (χ0) is 17.2. The fraction of sp³-hybridized carbons (Fsp3) is 0.471. The molecule has 1 rings (SSSR count). The van der Waals surface area contributed by atoms with Gasteiger partial charge in [-0.25, -0.2) is 0 Å². The van der Waals surface area contributed by atoms with E-state index in [1.807, 2.05) is 0 Å². The Morgan fingerprint density at radius 3 is 2.35 bits per heavy atom. The first-order chi connectivity index (χ1) is 11.0. The van der Waals surface area contributed by atoms with E-state index in [4.69, 9.17) is 0 Å². The van der Waals surface area contributed by atoms with Crippen molar-refractivity contribution in [1.82, 2.24) is 10.2 Å². The Morgan fingerprint density at radius 1 is 1.00 bits per heavy atom. The van der Waals surface area contributed by atoms with E-state index in [9.17, 15) is 14.4 Å². The molecule has 0 radical (unpaired) electrons. The van der Waals surface area contributed by atoms with E-state index in [-0.39, 0.29) is 5.91 Å². The van der Waals surface area contributed by atoms with Crippen LogP contribution in [0.4, 0.5) is 5.69 Å². The van der Waals surface area contributed by atoms with E-state index < -0.39 is 11.8 Å². The number of nitrogens with one attached hydrogen (secondary N) is 2. The largest absolute Gasteiger partial charge is 0.348 e. The topological polar surface area (TPSA) is 78.5 Å². The fourth-order valence-electron chi connectivity index (χ4n) is 2.03. The highest BCUT2D eigenvalue weighted by Crippen LogP contribution is 2.16. The van der Waals surface area contributed by atoms with Crippen LogP contribution in [0.1, 0.15) is 43.0 Å². The van der Waals surface area contributed by atoms with Gasteiger partial charge in [0.1, 0.15) is 0 Å². The normalized spacial score (nSPS) is 10.0. The molecule has 0 saturated carbocycles. The molecule has 0 unspecified atom stereocenters. The summed E-state index contributed by atoms with van der Waals surface area (Å²) in [5.74, 6) is -1.69. The highest BCUT2D eigenvalue weighted by molar-refractivity contribution is 6.40. The van der Waals surface area contributed by atoms with Crippen molar-refractivity contribution < 1.29 is 14.4 Å². The van der Waals surface area contributed by atoms with Gasteiger partial charge in [-0.3, -0.25) is 14.4 Å². The van der Waals surface area contributed by atoms with Crippen LogP contribution >= 0.6 is 0 Å². The molecular formula is C17H25N3O3. The number of amides is 3. The first-order valence-corrected chi connectivity index (χ1v) is 7.87. The third-order valence-electron chi connectivity index (χ3n) is 3.33. The minimum Gasteiger partial charge on any atom is -0.348 e. The summed E-state index contributed by atoms with van der Waals surface area (Å²) in [7, 11) is 3.26. The summed E-state index contributed by atoms with van der Waals surface area (Å²) in [4.78, 5) is 37.2. The van der Waals surface area contributed by atoms with Crippen molar-refractivity contribution in [2.45, 2.75) is 32.6 Å². The second kappa shape index (κ2) is 9.61. The number of benzene rings is 1. The number of carbonyl (C=O) groups is 3. The van der Waals surface area contributed by atoms with Crippen LogP contribution < -0.4 is 10.6 Å². The van der Waals surface area contributed by atoms with Crippen LogP contribution in [0.15, 0.2) is 24.3 Å². The second-order valence-corrected chi connectivity index (χ2v) is 5.52. The highest BCUT2D eigenvalue weighted by Gasteiger charge is 2.18. The van der Waals surface area contributed by atoms with Gasteiger partial charge in [0.05, 0.1) is 11.3 Å². The second-order valence-electron chi connectivity index (χ2n) is 5.52. The molecule has 3 amide bonds. The fourth-order valence-corrected chi connectivity index (χ4v) is 2.03. The standard InChI is InChI=1S/C17H25N3O3/c1-4-5-6-9-12-18-15(21)16(22)19-14-11-8-7-10-13(14)17(23)20(2)3/h7-8,10-11H,4-6,9,12H2,1-3H3,(H,18,21)(H,19,22).